The first-order chi connectivity index (χ1) is 19.2. The summed E-state index contributed by atoms with van der Waals surface area (Å²) in [4.78, 5) is 12.8. The van der Waals surface area contributed by atoms with Gasteiger partial charge in [0.1, 0.15) is 5.82 Å². The molecule has 0 spiro atoms. The van der Waals surface area contributed by atoms with Crippen LogP contribution in [0, 0.1) is 5.82 Å². The number of aromatic nitrogens is 6. The van der Waals surface area contributed by atoms with E-state index >= 15 is 0 Å². The number of rotatable bonds is 6. The average Bonchev–Trinajstić information content (AvgIpc) is 3.68. The molecule has 1 fully saturated rings. The minimum absolute atomic E-state index is 0.0199. The fourth-order valence-corrected chi connectivity index (χ4v) is 4.76. The smallest absolute Gasteiger partial charge is 0.437 e. The second-order valence-corrected chi connectivity index (χ2v) is 9.16. The Hall–Kier alpha value is -4.73. The van der Waals surface area contributed by atoms with E-state index in [4.69, 9.17) is 15.4 Å². The number of hydrogen-bond acceptors (Lipinski definition) is 10. The number of nitrogens with zero attached hydrogens (tertiary/aromatic N) is 9. The van der Waals surface area contributed by atoms with Gasteiger partial charge in [-0.25, -0.2) is 14.1 Å². The van der Waals surface area contributed by atoms with Gasteiger partial charge >= 0.3 is 6.18 Å². The van der Waals surface area contributed by atoms with E-state index in [0.717, 1.165) is 18.2 Å². The largest absolute Gasteiger partial charge is 0.461 e. The molecule has 0 amide bonds. The van der Waals surface area contributed by atoms with Crippen molar-refractivity contribution in [3.63, 3.8) is 0 Å². The van der Waals surface area contributed by atoms with Crippen molar-refractivity contribution in [1.29, 1.82) is 0 Å². The molecule has 0 bridgehead atoms. The normalized spacial score (nSPS) is 15.5. The van der Waals surface area contributed by atoms with Gasteiger partial charge in [-0.05, 0) is 30.3 Å². The summed E-state index contributed by atoms with van der Waals surface area (Å²) in [5, 5.41) is 20.7. The predicted molar refractivity (Wildman–Crippen MR) is 136 cm³/mol. The van der Waals surface area contributed by atoms with E-state index in [0.29, 0.717) is 67.5 Å². The van der Waals surface area contributed by atoms with Crippen molar-refractivity contribution in [3.05, 3.63) is 54.2 Å². The van der Waals surface area contributed by atoms with Crippen LogP contribution in [0.3, 0.4) is 0 Å². The van der Waals surface area contributed by atoms with E-state index in [1.807, 2.05) is 0 Å². The fourth-order valence-electron chi connectivity index (χ4n) is 4.76. The van der Waals surface area contributed by atoms with E-state index in [1.165, 1.54) is 10.8 Å². The number of oxime groups is 1. The Morgan fingerprint density at radius 2 is 1.88 bits per heavy atom. The van der Waals surface area contributed by atoms with E-state index in [2.05, 4.69) is 30.2 Å². The van der Waals surface area contributed by atoms with Crippen LogP contribution in [0.5, 0.6) is 0 Å². The van der Waals surface area contributed by atoms with Gasteiger partial charge in [0, 0.05) is 38.3 Å². The van der Waals surface area contributed by atoms with Crippen LogP contribution in [0.2, 0.25) is 0 Å². The lowest BCUT2D eigenvalue weighted by Gasteiger charge is -2.36. The zero-order valence-electron chi connectivity index (χ0n) is 20.8. The van der Waals surface area contributed by atoms with Crippen LogP contribution in [-0.4, -0.2) is 84.1 Å². The molecule has 1 saturated heterocycles. The minimum atomic E-state index is -4.87. The molecule has 3 N–H and O–H groups in total. The van der Waals surface area contributed by atoms with Crippen molar-refractivity contribution in [2.24, 2.45) is 5.16 Å². The SMILES string of the molecule is Nc1nc2c(cnn2CCN2CCN(c3cc(/C(=N\O)C(F)(F)F)ccc3F)CC2)c2nc(-c3ccco3)nn12. The quantitative estimate of drug-likeness (QED) is 0.139. The number of fused-ring (bicyclic) bond motifs is 3. The maximum Gasteiger partial charge on any atom is 0.437 e. The number of piperazine rings is 1. The summed E-state index contributed by atoms with van der Waals surface area (Å²) in [7, 11) is 0. The van der Waals surface area contributed by atoms with E-state index in [-0.39, 0.29) is 11.6 Å². The Balaban J connectivity index is 1.14. The summed E-state index contributed by atoms with van der Waals surface area (Å²) >= 11 is 0. The first-order valence-corrected chi connectivity index (χ1v) is 12.2. The number of hydrogen-bond donors (Lipinski definition) is 2. The Kier molecular flexibility index (Phi) is 6.25. The van der Waals surface area contributed by atoms with Gasteiger partial charge in [0.15, 0.2) is 22.8 Å². The van der Waals surface area contributed by atoms with Crippen LogP contribution < -0.4 is 10.6 Å². The zero-order valence-corrected chi connectivity index (χ0v) is 20.8. The first kappa shape index (κ1) is 25.5. The molecule has 40 heavy (non-hydrogen) atoms. The number of nitrogen functional groups attached to an aromatic ring is 1. The van der Waals surface area contributed by atoms with Crippen molar-refractivity contribution < 1.29 is 27.2 Å². The summed E-state index contributed by atoms with van der Waals surface area (Å²) in [6, 6.07) is 6.42. The van der Waals surface area contributed by atoms with Crippen molar-refractivity contribution in [2.75, 3.05) is 43.4 Å². The van der Waals surface area contributed by atoms with Gasteiger partial charge in [-0.1, -0.05) is 5.16 Å². The molecule has 12 nitrogen and oxygen atoms in total. The molecule has 1 aliphatic rings. The second-order valence-electron chi connectivity index (χ2n) is 9.16. The maximum absolute atomic E-state index is 14.5. The maximum atomic E-state index is 14.5. The summed E-state index contributed by atoms with van der Waals surface area (Å²) < 4.78 is 62.5. The van der Waals surface area contributed by atoms with Crippen molar-refractivity contribution >= 4 is 34.0 Å². The molecule has 0 atom stereocenters. The Morgan fingerprint density at radius 3 is 2.58 bits per heavy atom. The molecular weight excluding hydrogens is 536 g/mol. The summed E-state index contributed by atoms with van der Waals surface area (Å²) in [6.07, 6.45) is -1.70. The minimum Gasteiger partial charge on any atom is -0.461 e. The van der Waals surface area contributed by atoms with E-state index in [9.17, 15) is 17.6 Å². The molecule has 0 unspecified atom stereocenters. The lowest BCUT2D eigenvalue weighted by Crippen LogP contribution is -2.47. The van der Waals surface area contributed by atoms with Crippen LogP contribution in [0.1, 0.15) is 5.56 Å². The molecule has 5 aromatic rings. The predicted octanol–water partition coefficient (Wildman–Crippen LogP) is 3.02. The van der Waals surface area contributed by atoms with Gasteiger partial charge in [0.05, 0.1) is 30.1 Å². The van der Waals surface area contributed by atoms with Gasteiger partial charge < -0.3 is 20.3 Å². The van der Waals surface area contributed by atoms with Crippen LogP contribution in [0.25, 0.3) is 28.3 Å². The monoisotopic (exact) mass is 558 g/mol. The molecule has 6 rings (SSSR count). The average molecular weight is 559 g/mol. The highest BCUT2D eigenvalue weighted by molar-refractivity contribution is 6.04. The Labute approximate surface area is 222 Å². The second kappa shape index (κ2) is 9.78. The molecule has 4 aromatic heterocycles. The number of halogens is 4. The summed E-state index contributed by atoms with van der Waals surface area (Å²) in [6.45, 7) is 2.94. The van der Waals surface area contributed by atoms with Crippen LogP contribution in [-0.2, 0) is 6.54 Å². The van der Waals surface area contributed by atoms with Crippen LogP contribution >= 0.6 is 0 Å². The lowest BCUT2D eigenvalue weighted by molar-refractivity contribution is -0.0601. The third kappa shape index (κ3) is 4.55. The highest BCUT2D eigenvalue weighted by atomic mass is 19.4. The fraction of sp³-hybridized carbons (Fsp3) is 0.292. The van der Waals surface area contributed by atoms with Crippen LogP contribution in [0.4, 0.5) is 29.2 Å². The Morgan fingerprint density at radius 1 is 1.07 bits per heavy atom. The third-order valence-electron chi connectivity index (χ3n) is 6.77. The standard InChI is InChI=1S/C24H22F4N10O2/c25-16-4-3-14(19(34-39)24(26,27)28)12-17(16)36-8-5-35(6-9-36)7-10-37-21-15(13-30-37)22-31-20(18-2-1-11-40-18)33-38(22)23(29)32-21/h1-4,11-13,39H,5-10H2,(H2,29,32)/b34-19+. The molecule has 1 aromatic carbocycles. The molecule has 0 radical (unpaired) electrons. The molecule has 0 saturated carbocycles. The number of nitrogens with two attached hydrogens (primary N) is 1. The van der Waals surface area contributed by atoms with E-state index < -0.39 is 23.3 Å². The molecule has 5 heterocycles. The molecule has 16 heteroatoms. The van der Waals surface area contributed by atoms with Crippen molar-refractivity contribution in [3.8, 4) is 11.6 Å². The highest BCUT2D eigenvalue weighted by Crippen LogP contribution is 2.28. The number of anilines is 2. The summed E-state index contributed by atoms with van der Waals surface area (Å²) in [5.74, 6) is 0.360. The van der Waals surface area contributed by atoms with Gasteiger partial charge in [-0.2, -0.15) is 27.8 Å². The lowest BCUT2D eigenvalue weighted by atomic mass is 10.1. The topological polar surface area (TPSA) is 139 Å². The molecule has 0 aliphatic carbocycles. The number of benzene rings is 1. The van der Waals surface area contributed by atoms with Crippen molar-refractivity contribution in [1.82, 2.24) is 34.3 Å². The van der Waals surface area contributed by atoms with Crippen LogP contribution in [0.15, 0.2) is 52.4 Å². The number of furan rings is 1. The van der Waals surface area contributed by atoms with Gasteiger partial charge in [0.25, 0.3) is 0 Å². The summed E-state index contributed by atoms with van der Waals surface area (Å²) in [5.41, 5.74) is 5.32. The van der Waals surface area contributed by atoms with Gasteiger partial charge in [0.2, 0.25) is 11.8 Å². The highest BCUT2D eigenvalue weighted by Gasteiger charge is 2.38. The van der Waals surface area contributed by atoms with Gasteiger partial charge in [-0.3, -0.25) is 4.90 Å². The van der Waals surface area contributed by atoms with Crippen molar-refractivity contribution in [2.45, 2.75) is 12.7 Å². The Bertz CT molecular complexity index is 1700. The molecule has 208 valence electrons. The van der Waals surface area contributed by atoms with Gasteiger partial charge in [-0.15, -0.1) is 5.10 Å². The zero-order chi connectivity index (χ0) is 28.0. The molecular formula is C24H22F4N10O2. The molecule has 1 aliphatic heterocycles. The van der Waals surface area contributed by atoms with E-state index in [1.54, 1.807) is 27.9 Å². The third-order valence-corrected chi connectivity index (χ3v) is 6.77. The first-order valence-electron chi connectivity index (χ1n) is 12.2. The number of alkyl halides is 3.